The third kappa shape index (κ3) is 6.05. The Hall–Kier alpha value is -0.0800. The topological polar surface area (TPSA) is 23.5 Å². The van der Waals surface area contributed by atoms with Gasteiger partial charge >= 0.3 is 0 Å². The smallest absolute Gasteiger partial charge is 0.0638 e. The van der Waals surface area contributed by atoms with E-state index in [-0.39, 0.29) is 6.10 Å². The van der Waals surface area contributed by atoms with Crippen molar-refractivity contribution in [2.24, 2.45) is 5.92 Å². The maximum absolute atomic E-state index is 8.99. The van der Waals surface area contributed by atoms with Gasteiger partial charge in [0.25, 0.3) is 0 Å². The minimum Gasteiger partial charge on any atom is -0.392 e. The molecule has 0 saturated heterocycles. The van der Waals surface area contributed by atoms with Gasteiger partial charge in [0, 0.05) is 13.1 Å². The molecule has 0 aliphatic carbocycles. The lowest BCUT2D eigenvalue weighted by Gasteiger charge is -2.19. The number of likely N-dealkylation sites (N-methyl/N-ethyl adjacent to an activating group) is 1. The van der Waals surface area contributed by atoms with E-state index in [1.807, 2.05) is 14.0 Å². The summed E-state index contributed by atoms with van der Waals surface area (Å²) in [6, 6.07) is 0. The second-order valence-electron chi connectivity index (χ2n) is 3.46. The van der Waals surface area contributed by atoms with Crippen molar-refractivity contribution in [3.8, 4) is 0 Å². The van der Waals surface area contributed by atoms with Crippen LogP contribution in [0.3, 0.4) is 0 Å². The maximum Gasteiger partial charge on any atom is 0.0638 e. The Morgan fingerprint density at radius 3 is 2.00 bits per heavy atom. The van der Waals surface area contributed by atoms with E-state index in [2.05, 4.69) is 18.7 Å². The fraction of sp³-hybridized carbons (Fsp3) is 1.00. The summed E-state index contributed by atoms with van der Waals surface area (Å²) < 4.78 is 0. The van der Waals surface area contributed by atoms with Gasteiger partial charge in [-0.05, 0) is 19.9 Å². The Balaban J connectivity index is 3.34. The molecule has 0 saturated carbocycles. The maximum atomic E-state index is 8.99. The zero-order valence-corrected chi connectivity index (χ0v) is 7.46. The van der Waals surface area contributed by atoms with Crippen LogP contribution in [0.1, 0.15) is 20.8 Å². The summed E-state index contributed by atoms with van der Waals surface area (Å²) in [6.07, 6.45) is -0.205. The Bertz CT molecular complexity index is 71.3. The number of nitrogens with zero attached hydrogens (tertiary/aromatic N) is 1. The van der Waals surface area contributed by atoms with Crippen LogP contribution < -0.4 is 0 Å². The van der Waals surface area contributed by atoms with E-state index < -0.39 is 0 Å². The van der Waals surface area contributed by atoms with Crippen LogP contribution in [0.15, 0.2) is 0 Å². The number of aliphatic hydroxyl groups excluding tert-OH is 1. The molecule has 62 valence electrons. The predicted molar refractivity (Wildman–Crippen MR) is 44.0 cm³/mol. The van der Waals surface area contributed by atoms with Gasteiger partial charge in [-0.1, -0.05) is 13.8 Å². The van der Waals surface area contributed by atoms with Crippen molar-refractivity contribution < 1.29 is 5.11 Å². The first-order valence-electron chi connectivity index (χ1n) is 3.89. The molecule has 0 bridgehead atoms. The fourth-order valence-electron chi connectivity index (χ4n) is 1.15. The number of hydrogen-bond acceptors (Lipinski definition) is 2. The van der Waals surface area contributed by atoms with Crippen molar-refractivity contribution in [1.82, 2.24) is 4.90 Å². The molecule has 0 unspecified atom stereocenters. The highest BCUT2D eigenvalue weighted by Crippen LogP contribution is 1.96. The van der Waals surface area contributed by atoms with Crippen LogP contribution in [-0.2, 0) is 0 Å². The van der Waals surface area contributed by atoms with E-state index in [1.54, 1.807) is 0 Å². The summed E-state index contributed by atoms with van der Waals surface area (Å²) in [5.74, 6) is 0.684. The molecule has 1 atom stereocenters. The molecule has 0 aliphatic rings. The minimum atomic E-state index is -0.205. The van der Waals surface area contributed by atoms with Crippen molar-refractivity contribution >= 4 is 0 Å². The Labute approximate surface area is 63.8 Å². The molecule has 0 radical (unpaired) electrons. The minimum absolute atomic E-state index is 0.205. The van der Waals surface area contributed by atoms with Crippen LogP contribution in [0.25, 0.3) is 0 Å². The monoisotopic (exact) mass is 145 g/mol. The summed E-state index contributed by atoms with van der Waals surface area (Å²) in [4.78, 5) is 2.15. The highest BCUT2D eigenvalue weighted by Gasteiger charge is 2.03. The Kier molecular flexibility index (Phi) is 4.65. The highest BCUT2D eigenvalue weighted by molar-refractivity contribution is 4.57. The molecule has 0 spiro atoms. The molecule has 0 heterocycles. The van der Waals surface area contributed by atoms with E-state index in [0.717, 1.165) is 13.1 Å². The zero-order chi connectivity index (χ0) is 8.15. The second kappa shape index (κ2) is 4.69. The van der Waals surface area contributed by atoms with Crippen LogP contribution >= 0.6 is 0 Å². The largest absolute Gasteiger partial charge is 0.392 e. The molecule has 0 aromatic heterocycles. The Morgan fingerprint density at radius 2 is 1.70 bits per heavy atom. The van der Waals surface area contributed by atoms with Gasteiger partial charge in [-0.25, -0.2) is 0 Å². The average Bonchev–Trinajstić information content (AvgIpc) is 1.58. The van der Waals surface area contributed by atoms with E-state index in [9.17, 15) is 0 Å². The molecule has 0 aliphatic heterocycles. The van der Waals surface area contributed by atoms with Gasteiger partial charge < -0.3 is 10.0 Å². The van der Waals surface area contributed by atoms with Gasteiger partial charge in [-0.15, -0.1) is 0 Å². The van der Waals surface area contributed by atoms with Gasteiger partial charge in [0.15, 0.2) is 0 Å². The molecule has 1 N–H and O–H groups in total. The summed E-state index contributed by atoms with van der Waals surface area (Å²) in [7, 11) is 2.03. The number of hydrogen-bond donors (Lipinski definition) is 1. The van der Waals surface area contributed by atoms with E-state index >= 15 is 0 Å². The normalized spacial score (nSPS) is 14.7. The lowest BCUT2D eigenvalue weighted by molar-refractivity contribution is 0.135. The average molecular weight is 145 g/mol. The molecule has 0 aromatic carbocycles. The van der Waals surface area contributed by atoms with Crippen LogP contribution in [-0.4, -0.2) is 36.2 Å². The van der Waals surface area contributed by atoms with Crippen LogP contribution in [0.4, 0.5) is 0 Å². The van der Waals surface area contributed by atoms with Gasteiger partial charge in [0.1, 0.15) is 0 Å². The molecule has 0 rings (SSSR count). The van der Waals surface area contributed by atoms with Crippen molar-refractivity contribution in [1.29, 1.82) is 0 Å². The first kappa shape index (κ1) is 9.92. The van der Waals surface area contributed by atoms with Gasteiger partial charge in [-0.3, -0.25) is 0 Å². The van der Waals surface area contributed by atoms with Crippen LogP contribution in [0.2, 0.25) is 0 Å². The summed E-state index contributed by atoms with van der Waals surface area (Å²) in [5, 5.41) is 8.99. The number of aliphatic hydroxyl groups is 1. The zero-order valence-electron chi connectivity index (χ0n) is 7.46. The molecule has 2 heteroatoms. The third-order valence-electron chi connectivity index (χ3n) is 1.25. The van der Waals surface area contributed by atoms with Crippen molar-refractivity contribution in [3.63, 3.8) is 0 Å². The first-order valence-corrected chi connectivity index (χ1v) is 3.89. The molecular formula is C8H19NO. The van der Waals surface area contributed by atoms with Gasteiger partial charge in [-0.2, -0.15) is 0 Å². The van der Waals surface area contributed by atoms with E-state index in [0.29, 0.717) is 5.92 Å². The van der Waals surface area contributed by atoms with Crippen molar-refractivity contribution in [2.45, 2.75) is 26.9 Å². The fourth-order valence-corrected chi connectivity index (χ4v) is 1.15. The molecule has 0 fully saturated rings. The summed E-state index contributed by atoms with van der Waals surface area (Å²) >= 11 is 0. The first-order chi connectivity index (χ1) is 4.52. The van der Waals surface area contributed by atoms with Crippen molar-refractivity contribution in [3.05, 3.63) is 0 Å². The molecule has 0 aromatic rings. The lowest BCUT2D eigenvalue weighted by atomic mass is 10.2. The van der Waals surface area contributed by atoms with Gasteiger partial charge in [0.2, 0.25) is 0 Å². The van der Waals surface area contributed by atoms with Crippen LogP contribution in [0, 0.1) is 5.92 Å². The quantitative estimate of drug-likeness (QED) is 0.637. The van der Waals surface area contributed by atoms with Crippen molar-refractivity contribution in [2.75, 3.05) is 20.1 Å². The van der Waals surface area contributed by atoms with E-state index in [4.69, 9.17) is 5.11 Å². The van der Waals surface area contributed by atoms with Gasteiger partial charge in [0.05, 0.1) is 6.10 Å². The van der Waals surface area contributed by atoms with E-state index in [1.165, 1.54) is 0 Å². The summed E-state index contributed by atoms with van der Waals surface area (Å²) in [5.41, 5.74) is 0. The Morgan fingerprint density at radius 1 is 1.20 bits per heavy atom. The molecule has 10 heavy (non-hydrogen) atoms. The lowest BCUT2D eigenvalue weighted by Crippen LogP contribution is -2.30. The third-order valence-corrected chi connectivity index (χ3v) is 1.25. The molecular weight excluding hydrogens is 126 g/mol. The van der Waals surface area contributed by atoms with Crippen LogP contribution in [0.5, 0.6) is 0 Å². The second-order valence-corrected chi connectivity index (χ2v) is 3.46. The number of rotatable bonds is 4. The SMILES string of the molecule is CC(C)CN(C)C[C@H](C)O. The highest BCUT2D eigenvalue weighted by atomic mass is 16.3. The molecule has 0 amide bonds. The standard InChI is InChI=1S/C8H19NO/c1-7(2)5-9(4)6-8(3)10/h7-8,10H,5-6H2,1-4H3/t8-/m0/s1. The predicted octanol–water partition coefficient (Wildman–Crippen LogP) is 0.955. The summed E-state index contributed by atoms with van der Waals surface area (Å²) in [6.45, 7) is 8.01. The molecule has 2 nitrogen and oxygen atoms in total.